The highest BCUT2D eigenvalue weighted by Crippen LogP contribution is 2.31. The van der Waals surface area contributed by atoms with E-state index in [-0.39, 0.29) is 10.6 Å². The van der Waals surface area contributed by atoms with Crippen molar-refractivity contribution < 1.29 is 4.92 Å². The van der Waals surface area contributed by atoms with Crippen molar-refractivity contribution in [1.82, 2.24) is 0 Å². The standard InChI is InChI=1S/C14H20N2O2S/c1-10-13(7-4-8-14(10)16(17)18)15-11-5-3-6-12(9-11)19-2/h4,7-8,11-12,15H,3,5-6,9H2,1-2H3. The number of nitrogens with zero attached hydrogens (tertiary/aromatic N) is 1. The monoisotopic (exact) mass is 280 g/mol. The van der Waals surface area contributed by atoms with Gasteiger partial charge < -0.3 is 5.32 Å². The van der Waals surface area contributed by atoms with E-state index < -0.39 is 0 Å². The Bertz CT molecular complexity index is 465. The van der Waals surface area contributed by atoms with Crippen LogP contribution in [0.5, 0.6) is 0 Å². The Morgan fingerprint density at radius 2 is 2.21 bits per heavy atom. The summed E-state index contributed by atoms with van der Waals surface area (Å²) >= 11 is 1.92. The Kier molecular flexibility index (Phi) is 4.69. The minimum absolute atomic E-state index is 0.197. The zero-order valence-corrected chi connectivity index (χ0v) is 12.2. The third-order valence-corrected chi connectivity index (χ3v) is 4.92. The highest BCUT2D eigenvalue weighted by molar-refractivity contribution is 7.99. The van der Waals surface area contributed by atoms with Gasteiger partial charge in [-0.25, -0.2) is 0 Å². The molecule has 0 saturated heterocycles. The quantitative estimate of drug-likeness (QED) is 0.669. The predicted molar refractivity (Wildman–Crippen MR) is 81.0 cm³/mol. The molecule has 2 unspecified atom stereocenters. The number of anilines is 1. The maximum atomic E-state index is 10.9. The zero-order valence-electron chi connectivity index (χ0n) is 11.4. The van der Waals surface area contributed by atoms with Crippen LogP contribution in [-0.2, 0) is 0 Å². The molecular formula is C14H20N2O2S. The SMILES string of the molecule is CSC1CCCC(Nc2cccc([N+](=O)[O-])c2C)C1. The molecule has 1 saturated carbocycles. The van der Waals surface area contributed by atoms with Crippen LogP contribution in [0.3, 0.4) is 0 Å². The van der Waals surface area contributed by atoms with Crippen LogP contribution in [0.1, 0.15) is 31.2 Å². The molecule has 2 atom stereocenters. The molecule has 1 fully saturated rings. The fourth-order valence-corrected chi connectivity index (χ4v) is 3.51. The van der Waals surface area contributed by atoms with E-state index >= 15 is 0 Å². The highest BCUT2D eigenvalue weighted by atomic mass is 32.2. The van der Waals surface area contributed by atoms with Crippen LogP contribution in [0.15, 0.2) is 18.2 Å². The van der Waals surface area contributed by atoms with Crippen LogP contribution in [0.25, 0.3) is 0 Å². The Morgan fingerprint density at radius 3 is 2.89 bits per heavy atom. The number of thioether (sulfide) groups is 1. The molecule has 4 nitrogen and oxygen atoms in total. The van der Waals surface area contributed by atoms with Crippen molar-refractivity contribution in [2.24, 2.45) is 0 Å². The first-order chi connectivity index (χ1) is 9.11. The summed E-state index contributed by atoms with van der Waals surface area (Å²) in [6, 6.07) is 5.69. The number of rotatable bonds is 4. The second kappa shape index (κ2) is 6.28. The lowest BCUT2D eigenvalue weighted by Gasteiger charge is -2.29. The lowest BCUT2D eigenvalue weighted by molar-refractivity contribution is -0.385. The molecule has 104 valence electrons. The topological polar surface area (TPSA) is 55.2 Å². The zero-order chi connectivity index (χ0) is 13.8. The van der Waals surface area contributed by atoms with Gasteiger partial charge in [0.25, 0.3) is 5.69 Å². The van der Waals surface area contributed by atoms with Crippen LogP contribution < -0.4 is 5.32 Å². The maximum absolute atomic E-state index is 10.9. The van der Waals surface area contributed by atoms with E-state index in [1.165, 1.54) is 12.8 Å². The van der Waals surface area contributed by atoms with Gasteiger partial charge in [-0.05, 0) is 38.5 Å². The van der Waals surface area contributed by atoms with E-state index in [4.69, 9.17) is 0 Å². The van der Waals surface area contributed by atoms with Crippen molar-refractivity contribution in [2.75, 3.05) is 11.6 Å². The van der Waals surface area contributed by atoms with E-state index in [0.717, 1.165) is 24.1 Å². The summed E-state index contributed by atoms with van der Waals surface area (Å²) < 4.78 is 0. The first kappa shape index (κ1) is 14.2. The molecule has 2 rings (SSSR count). The van der Waals surface area contributed by atoms with Crippen LogP contribution >= 0.6 is 11.8 Å². The fraction of sp³-hybridized carbons (Fsp3) is 0.571. The average Bonchev–Trinajstić information content (AvgIpc) is 2.41. The third-order valence-electron chi connectivity index (χ3n) is 3.82. The summed E-state index contributed by atoms with van der Waals surface area (Å²) in [6.07, 6.45) is 6.97. The van der Waals surface area contributed by atoms with Crippen molar-refractivity contribution in [3.63, 3.8) is 0 Å². The summed E-state index contributed by atoms with van der Waals surface area (Å²) in [5, 5.41) is 15.1. The Balaban J connectivity index is 2.10. The lowest BCUT2D eigenvalue weighted by Crippen LogP contribution is -2.28. The summed E-state index contributed by atoms with van der Waals surface area (Å²) in [5.74, 6) is 0. The van der Waals surface area contributed by atoms with Gasteiger partial charge in [0, 0.05) is 28.6 Å². The number of benzene rings is 1. The van der Waals surface area contributed by atoms with Gasteiger partial charge in [-0.15, -0.1) is 0 Å². The second-order valence-corrected chi connectivity index (χ2v) is 6.21. The third kappa shape index (κ3) is 3.41. The minimum atomic E-state index is -0.313. The first-order valence-corrected chi connectivity index (χ1v) is 7.94. The Hall–Kier alpha value is -1.23. The van der Waals surface area contributed by atoms with Gasteiger partial charge in [-0.3, -0.25) is 10.1 Å². The molecule has 1 aliphatic rings. The van der Waals surface area contributed by atoms with Crippen molar-refractivity contribution in [2.45, 2.75) is 43.9 Å². The molecule has 19 heavy (non-hydrogen) atoms. The number of hydrogen-bond acceptors (Lipinski definition) is 4. The number of nitro benzene ring substituents is 1. The molecule has 0 heterocycles. The number of hydrogen-bond donors (Lipinski definition) is 1. The molecule has 0 amide bonds. The molecule has 1 N–H and O–H groups in total. The maximum Gasteiger partial charge on any atom is 0.274 e. The van der Waals surface area contributed by atoms with Crippen LogP contribution in [0.4, 0.5) is 11.4 Å². The fourth-order valence-electron chi connectivity index (χ4n) is 2.69. The van der Waals surface area contributed by atoms with Crippen molar-refractivity contribution >= 4 is 23.1 Å². The molecule has 0 aliphatic heterocycles. The summed E-state index contributed by atoms with van der Waals surface area (Å²) in [7, 11) is 0. The van der Waals surface area contributed by atoms with Crippen molar-refractivity contribution in [1.29, 1.82) is 0 Å². The van der Waals surface area contributed by atoms with Crippen LogP contribution in [0.2, 0.25) is 0 Å². The van der Waals surface area contributed by atoms with E-state index in [0.29, 0.717) is 11.3 Å². The largest absolute Gasteiger partial charge is 0.382 e. The molecule has 0 radical (unpaired) electrons. The molecule has 1 aliphatic carbocycles. The molecule has 0 spiro atoms. The van der Waals surface area contributed by atoms with Gasteiger partial charge >= 0.3 is 0 Å². The molecule has 5 heteroatoms. The lowest BCUT2D eigenvalue weighted by atomic mass is 9.94. The molecule has 1 aromatic rings. The second-order valence-electron chi connectivity index (χ2n) is 5.07. The molecule has 0 bridgehead atoms. The van der Waals surface area contributed by atoms with Gasteiger partial charge in [-0.2, -0.15) is 11.8 Å². The van der Waals surface area contributed by atoms with E-state index in [9.17, 15) is 10.1 Å². The van der Waals surface area contributed by atoms with Gasteiger partial charge in [0.15, 0.2) is 0 Å². The van der Waals surface area contributed by atoms with E-state index in [2.05, 4.69) is 11.6 Å². The van der Waals surface area contributed by atoms with E-state index in [1.807, 2.05) is 24.8 Å². The van der Waals surface area contributed by atoms with Crippen molar-refractivity contribution in [3.8, 4) is 0 Å². The Labute approximate surface area is 118 Å². The molecule has 0 aromatic heterocycles. The van der Waals surface area contributed by atoms with Gasteiger partial charge in [0.2, 0.25) is 0 Å². The average molecular weight is 280 g/mol. The van der Waals surface area contributed by atoms with E-state index in [1.54, 1.807) is 12.1 Å². The molecule has 1 aromatic carbocycles. The predicted octanol–water partition coefficient (Wildman–Crippen LogP) is 3.99. The smallest absolute Gasteiger partial charge is 0.274 e. The Morgan fingerprint density at radius 1 is 1.42 bits per heavy atom. The van der Waals surface area contributed by atoms with Gasteiger partial charge in [0.05, 0.1) is 4.92 Å². The minimum Gasteiger partial charge on any atom is -0.382 e. The normalized spacial score (nSPS) is 23.1. The first-order valence-electron chi connectivity index (χ1n) is 6.65. The summed E-state index contributed by atoms with van der Waals surface area (Å²) in [4.78, 5) is 10.6. The van der Waals surface area contributed by atoms with Crippen LogP contribution in [0, 0.1) is 17.0 Å². The van der Waals surface area contributed by atoms with Gasteiger partial charge in [0.1, 0.15) is 0 Å². The summed E-state index contributed by atoms with van der Waals surface area (Å²) in [6.45, 7) is 1.81. The molecular weight excluding hydrogens is 260 g/mol. The van der Waals surface area contributed by atoms with Gasteiger partial charge in [-0.1, -0.05) is 12.5 Å². The van der Waals surface area contributed by atoms with Crippen LogP contribution in [-0.4, -0.2) is 22.5 Å². The number of nitrogens with one attached hydrogen (secondary N) is 1. The highest BCUT2D eigenvalue weighted by Gasteiger charge is 2.22. The van der Waals surface area contributed by atoms with Crippen molar-refractivity contribution in [3.05, 3.63) is 33.9 Å². The number of nitro groups is 1. The summed E-state index contributed by atoms with van der Waals surface area (Å²) in [5.41, 5.74) is 1.84.